The Morgan fingerprint density at radius 1 is 1.06 bits per heavy atom. The van der Waals surface area contributed by atoms with Gasteiger partial charge in [-0.1, -0.05) is 23.8 Å². The van der Waals surface area contributed by atoms with Crippen molar-refractivity contribution in [2.75, 3.05) is 0 Å². The molecule has 1 atom stereocenters. The van der Waals surface area contributed by atoms with Crippen molar-refractivity contribution >= 4 is 11.8 Å². The molecule has 0 bridgehead atoms. The van der Waals surface area contributed by atoms with Crippen LogP contribution in [0.2, 0.25) is 0 Å². The van der Waals surface area contributed by atoms with Gasteiger partial charge in [-0.2, -0.15) is 0 Å². The average molecular weight is 229 g/mol. The van der Waals surface area contributed by atoms with Crippen molar-refractivity contribution in [3.63, 3.8) is 0 Å². The highest BCUT2D eigenvalue weighted by Gasteiger charge is 2.07. The summed E-state index contributed by atoms with van der Waals surface area (Å²) in [6.07, 6.45) is 1.85. The van der Waals surface area contributed by atoms with Crippen molar-refractivity contribution in [1.29, 1.82) is 0 Å². The minimum Gasteiger partial charge on any atom is -0.260 e. The van der Waals surface area contributed by atoms with Gasteiger partial charge in [-0.3, -0.25) is 4.98 Å². The van der Waals surface area contributed by atoms with Crippen molar-refractivity contribution in [1.82, 2.24) is 4.98 Å². The molecule has 0 saturated carbocycles. The van der Waals surface area contributed by atoms with Gasteiger partial charge in [0.05, 0.1) is 5.69 Å². The van der Waals surface area contributed by atoms with Crippen molar-refractivity contribution in [3.8, 4) is 0 Å². The molecule has 2 heteroatoms. The van der Waals surface area contributed by atoms with Gasteiger partial charge in [0.25, 0.3) is 0 Å². The maximum absolute atomic E-state index is 4.37. The quantitative estimate of drug-likeness (QED) is 0.730. The number of rotatable bonds is 3. The lowest BCUT2D eigenvalue weighted by Gasteiger charge is -2.10. The summed E-state index contributed by atoms with van der Waals surface area (Å²) in [6.45, 7) is 4.30. The van der Waals surface area contributed by atoms with Crippen molar-refractivity contribution < 1.29 is 0 Å². The Morgan fingerprint density at radius 2 is 1.81 bits per heavy atom. The lowest BCUT2D eigenvalue weighted by Crippen LogP contribution is -1.91. The van der Waals surface area contributed by atoms with Gasteiger partial charge < -0.3 is 0 Å². The van der Waals surface area contributed by atoms with Crippen molar-refractivity contribution in [2.45, 2.75) is 24.0 Å². The summed E-state index contributed by atoms with van der Waals surface area (Å²) >= 11 is 1.84. The van der Waals surface area contributed by atoms with Crippen LogP contribution in [0.4, 0.5) is 0 Å². The molecular formula is C14H15NS. The Kier molecular flexibility index (Phi) is 3.62. The molecule has 0 unspecified atom stereocenters. The highest BCUT2D eigenvalue weighted by molar-refractivity contribution is 7.99. The zero-order valence-electron chi connectivity index (χ0n) is 9.55. The maximum atomic E-state index is 4.37. The lowest BCUT2D eigenvalue weighted by molar-refractivity contribution is 1.01. The first-order chi connectivity index (χ1) is 7.75. The first-order valence-electron chi connectivity index (χ1n) is 5.40. The summed E-state index contributed by atoms with van der Waals surface area (Å²) in [5.41, 5.74) is 2.43. The predicted octanol–water partition coefficient (Wildman–Crippen LogP) is 4.24. The fraction of sp³-hybridized carbons (Fsp3) is 0.214. The van der Waals surface area contributed by atoms with Crippen LogP contribution in [0.5, 0.6) is 0 Å². The highest BCUT2D eigenvalue weighted by atomic mass is 32.2. The number of pyridine rings is 1. The van der Waals surface area contributed by atoms with E-state index in [4.69, 9.17) is 0 Å². The number of thioether (sulfide) groups is 1. The highest BCUT2D eigenvalue weighted by Crippen LogP contribution is 2.33. The van der Waals surface area contributed by atoms with Crippen molar-refractivity contribution in [2.24, 2.45) is 0 Å². The molecule has 0 amide bonds. The number of aryl methyl sites for hydroxylation is 1. The van der Waals surface area contributed by atoms with E-state index in [0.29, 0.717) is 5.25 Å². The third-order valence-corrected chi connectivity index (χ3v) is 3.58. The largest absolute Gasteiger partial charge is 0.260 e. The molecule has 0 radical (unpaired) electrons. The van der Waals surface area contributed by atoms with E-state index in [1.807, 2.05) is 30.1 Å². The fourth-order valence-electron chi connectivity index (χ4n) is 1.50. The number of benzene rings is 1. The van der Waals surface area contributed by atoms with Crippen LogP contribution < -0.4 is 0 Å². The third kappa shape index (κ3) is 2.86. The molecular weight excluding hydrogens is 214 g/mol. The van der Waals surface area contributed by atoms with E-state index in [1.54, 1.807) is 0 Å². The molecule has 1 aromatic carbocycles. The first-order valence-corrected chi connectivity index (χ1v) is 6.28. The number of hydrogen-bond donors (Lipinski definition) is 0. The summed E-state index contributed by atoms with van der Waals surface area (Å²) in [7, 11) is 0. The molecule has 0 aliphatic heterocycles. The van der Waals surface area contributed by atoms with Crippen LogP contribution in [-0.2, 0) is 0 Å². The van der Waals surface area contributed by atoms with Crippen LogP contribution in [-0.4, -0.2) is 4.98 Å². The van der Waals surface area contributed by atoms with Crippen LogP contribution in [0.15, 0.2) is 53.6 Å². The minimum atomic E-state index is 0.393. The topological polar surface area (TPSA) is 12.9 Å². The van der Waals surface area contributed by atoms with Crippen molar-refractivity contribution in [3.05, 3.63) is 59.9 Å². The zero-order chi connectivity index (χ0) is 11.4. The second-order valence-electron chi connectivity index (χ2n) is 3.83. The first kappa shape index (κ1) is 11.2. The molecule has 0 N–H and O–H groups in total. The molecule has 0 saturated heterocycles. The van der Waals surface area contributed by atoms with Gasteiger partial charge in [0, 0.05) is 16.3 Å². The summed E-state index contributed by atoms with van der Waals surface area (Å²) in [4.78, 5) is 5.67. The predicted molar refractivity (Wildman–Crippen MR) is 69.7 cm³/mol. The van der Waals surface area contributed by atoms with Crippen LogP contribution in [0.25, 0.3) is 0 Å². The van der Waals surface area contributed by atoms with E-state index >= 15 is 0 Å². The van der Waals surface area contributed by atoms with Gasteiger partial charge in [-0.25, -0.2) is 0 Å². The van der Waals surface area contributed by atoms with Gasteiger partial charge >= 0.3 is 0 Å². The van der Waals surface area contributed by atoms with Gasteiger partial charge in [0.1, 0.15) is 0 Å². The standard InChI is InChI=1S/C14H15NS/c1-11-6-8-13(9-7-11)16-12(2)14-5-3-4-10-15-14/h3-10,12H,1-2H3/t12-/m1/s1. The molecule has 1 nitrogen and oxygen atoms in total. The number of nitrogens with zero attached hydrogens (tertiary/aromatic N) is 1. The summed E-state index contributed by atoms with van der Waals surface area (Å²) in [5.74, 6) is 0. The molecule has 0 aliphatic carbocycles. The van der Waals surface area contributed by atoms with E-state index < -0.39 is 0 Å². The summed E-state index contributed by atoms with van der Waals surface area (Å²) in [5, 5.41) is 0.393. The monoisotopic (exact) mass is 229 g/mol. The molecule has 0 spiro atoms. The van der Waals surface area contributed by atoms with Crippen LogP contribution >= 0.6 is 11.8 Å². The van der Waals surface area contributed by atoms with E-state index in [9.17, 15) is 0 Å². The summed E-state index contributed by atoms with van der Waals surface area (Å²) in [6, 6.07) is 14.7. The Labute approximate surface area is 101 Å². The number of hydrogen-bond acceptors (Lipinski definition) is 2. The van der Waals surface area contributed by atoms with E-state index in [-0.39, 0.29) is 0 Å². The zero-order valence-corrected chi connectivity index (χ0v) is 10.4. The van der Waals surface area contributed by atoms with Crippen LogP contribution in [0.3, 0.4) is 0 Å². The van der Waals surface area contributed by atoms with Gasteiger partial charge in [0.2, 0.25) is 0 Å². The summed E-state index contributed by atoms with van der Waals surface area (Å²) < 4.78 is 0. The van der Waals surface area contributed by atoms with Gasteiger partial charge in [0.15, 0.2) is 0 Å². The van der Waals surface area contributed by atoms with Gasteiger partial charge in [-0.05, 0) is 38.1 Å². The maximum Gasteiger partial charge on any atom is 0.0534 e. The Bertz CT molecular complexity index is 436. The Morgan fingerprint density at radius 3 is 2.44 bits per heavy atom. The van der Waals surface area contributed by atoms with Crippen LogP contribution in [0.1, 0.15) is 23.4 Å². The Balaban J connectivity index is 2.08. The van der Waals surface area contributed by atoms with Gasteiger partial charge in [-0.15, -0.1) is 11.8 Å². The SMILES string of the molecule is Cc1ccc(S[C@H](C)c2ccccn2)cc1. The molecule has 1 aromatic heterocycles. The molecule has 1 heterocycles. The van der Waals surface area contributed by atoms with E-state index in [0.717, 1.165) is 5.69 Å². The number of aromatic nitrogens is 1. The molecule has 0 fully saturated rings. The second-order valence-corrected chi connectivity index (χ2v) is 5.24. The molecule has 0 aliphatic rings. The normalized spacial score (nSPS) is 12.4. The van der Waals surface area contributed by atoms with Crippen LogP contribution in [0, 0.1) is 6.92 Å². The molecule has 2 aromatic rings. The second kappa shape index (κ2) is 5.17. The molecule has 2 rings (SSSR count). The van der Waals surface area contributed by atoms with E-state index in [2.05, 4.69) is 49.2 Å². The fourth-order valence-corrected chi connectivity index (χ4v) is 2.46. The molecule has 82 valence electrons. The molecule has 16 heavy (non-hydrogen) atoms. The third-order valence-electron chi connectivity index (χ3n) is 2.44. The average Bonchev–Trinajstić information content (AvgIpc) is 2.33. The lowest BCUT2D eigenvalue weighted by atomic mass is 10.2. The van der Waals surface area contributed by atoms with E-state index in [1.165, 1.54) is 10.5 Å². The smallest absolute Gasteiger partial charge is 0.0534 e. The minimum absolute atomic E-state index is 0.393. The Hall–Kier alpha value is -1.28.